The minimum Gasteiger partial charge on any atom is -0.372 e. The van der Waals surface area contributed by atoms with E-state index in [2.05, 4.69) is 46.4 Å². The van der Waals surface area contributed by atoms with Crippen LogP contribution in [0.15, 0.2) is 39.0 Å². The van der Waals surface area contributed by atoms with Crippen molar-refractivity contribution in [3.8, 4) is 0 Å². The molecule has 2 aromatic heterocycles. The number of imidazole rings is 1. The van der Waals surface area contributed by atoms with E-state index in [1.54, 1.807) is 24.9 Å². The Morgan fingerprint density at radius 2 is 1.68 bits per heavy atom. The third-order valence-corrected chi connectivity index (χ3v) is 4.88. The average Bonchev–Trinajstić information content (AvgIpc) is 3.03. The highest BCUT2D eigenvalue weighted by Crippen LogP contribution is 2.15. The summed E-state index contributed by atoms with van der Waals surface area (Å²) in [6, 6.07) is 8.10. The zero-order chi connectivity index (χ0) is 20.4. The number of hydrogen-bond acceptors (Lipinski definition) is 6. The molecule has 0 fully saturated rings. The van der Waals surface area contributed by atoms with Crippen LogP contribution < -0.4 is 21.6 Å². The molecule has 9 nitrogen and oxygen atoms in total. The summed E-state index contributed by atoms with van der Waals surface area (Å²) in [4.78, 5) is 31.1. The van der Waals surface area contributed by atoms with Crippen LogP contribution in [0.2, 0.25) is 0 Å². The summed E-state index contributed by atoms with van der Waals surface area (Å²) in [5.41, 5.74) is 4.80. The maximum atomic E-state index is 12.4. The molecule has 0 aliphatic carbocycles. The molecule has 0 radical (unpaired) electrons. The molecular weight excluding hydrogens is 358 g/mol. The number of hydrazone groups is 1. The molecule has 0 saturated carbocycles. The fraction of sp³-hybridized carbons (Fsp3) is 0.368. The SMILES string of the molecule is CCN(CC)c1ccc(C=NNc2nc3c(c(=O)n(C)c(=O)n3C)n2C)cc1. The third-order valence-electron chi connectivity index (χ3n) is 4.88. The monoisotopic (exact) mass is 383 g/mol. The number of fused-ring (bicyclic) bond motifs is 1. The number of hydrogen-bond donors (Lipinski definition) is 1. The Kier molecular flexibility index (Phi) is 5.34. The zero-order valence-electron chi connectivity index (χ0n) is 16.8. The molecule has 9 heteroatoms. The maximum Gasteiger partial charge on any atom is 0.332 e. The first-order valence-electron chi connectivity index (χ1n) is 9.15. The van der Waals surface area contributed by atoms with Gasteiger partial charge in [0.05, 0.1) is 6.21 Å². The van der Waals surface area contributed by atoms with E-state index in [4.69, 9.17) is 0 Å². The lowest BCUT2D eigenvalue weighted by atomic mass is 10.2. The van der Waals surface area contributed by atoms with Crippen molar-refractivity contribution >= 4 is 29.0 Å². The predicted molar refractivity (Wildman–Crippen MR) is 112 cm³/mol. The Hall–Kier alpha value is -3.36. The highest BCUT2D eigenvalue weighted by molar-refractivity contribution is 5.81. The zero-order valence-corrected chi connectivity index (χ0v) is 16.8. The van der Waals surface area contributed by atoms with Crippen LogP contribution >= 0.6 is 0 Å². The lowest BCUT2D eigenvalue weighted by molar-refractivity contribution is 0.705. The van der Waals surface area contributed by atoms with Gasteiger partial charge in [0, 0.05) is 39.9 Å². The lowest BCUT2D eigenvalue weighted by Crippen LogP contribution is -2.37. The van der Waals surface area contributed by atoms with Crippen LogP contribution in [0.5, 0.6) is 0 Å². The van der Waals surface area contributed by atoms with Gasteiger partial charge in [-0.15, -0.1) is 0 Å². The number of rotatable bonds is 6. The van der Waals surface area contributed by atoms with Gasteiger partial charge in [0.15, 0.2) is 11.2 Å². The van der Waals surface area contributed by atoms with Gasteiger partial charge in [-0.3, -0.25) is 13.9 Å². The van der Waals surface area contributed by atoms with E-state index < -0.39 is 11.2 Å². The standard InChI is InChI=1S/C19H25N7O2/c1-6-26(7-2)14-10-8-13(9-11-14)12-20-22-18-21-16-15(23(18)3)17(27)25(5)19(28)24(16)4/h8-12H,6-7H2,1-5H3,(H,21,22). The number of aromatic nitrogens is 4. The molecule has 1 N–H and O–H groups in total. The van der Waals surface area contributed by atoms with Crippen LogP contribution in [0.1, 0.15) is 19.4 Å². The summed E-state index contributed by atoms with van der Waals surface area (Å²) in [6.07, 6.45) is 1.68. The van der Waals surface area contributed by atoms with Gasteiger partial charge in [-0.05, 0) is 31.5 Å². The molecule has 28 heavy (non-hydrogen) atoms. The molecule has 0 spiro atoms. The summed E-state index contributed by atoms with van der Waals surface area (Å²) >= 11 is 0. The first kappa shape index (κ1) is 19.4. The molecule has 0 atom stereocenters. The fourth-order valence-corrected chi connectivity index (χ4v) is 3.14. The second-order valence-corrected chi connectivity index (χ2v) is 6.51. The van der Waals surface area contributed by atoms with E-state index in [1.165, 1.54) is 17.3 Å². The first-order chi connectivity index (χ1) is 13.4. The Morgan fingerprint density at radius 1 is 1.04 bits per heavy atom. The lowest BCUT2D eigenvalue weighted by Gasteiger charge is -2.20. The van der Waals surface area contributed by atoms with Gasteiger partial charge in [0.25, 0.3) is 5.56 Å². The van der Waals surface area contributed by atoms with Crippen molar-refractivity contribution in [3.05, 3.63) is 50.7 Å². The molecule has 0 bridgehead atoms. The Labute approximate surface area is 162 Å². The van der Waals surface area contributed by atoms with Crippen LogP contribution in [0.25, 0.3) is 11.2 Å². The van der Waals surface area contributed by atoms with E-state index in [0.717, 1.165) is 23.2 Å². The molecule has 0 unspecified atom stereocenters. The summed E-state index contributed by atoms with van der Waals surface area (Å²) in [5, 5.41) is 4.22. The summed E-state index contributed by atoms with van der Waals surface area (Å²) in [6.45, 7) is 6.17. The van der Waals surface area contributed by atoms with E-state index in [-0.39, 0.29) is 0 Å². The van der Waals surface area contributed by atoms with Gasteiger partial charge in [-0.2, -0.15) is 10.1 Å². The number of anilines is 2. The van der Waals surface area contributed by atoms with E-state index in [9.17, 15) is 9.59 Å². The van der Waals surface area contributed by atoms with Gasteiger partial charge >= 0.3 is 5.69 Å². The number of aryl methyl sites for hydroxylation is 2. The van der Waals surface area contributed by atoms with Crippen LogP contribution in [0.3, 0.4) is 0 Å². The molecule has 0 amide bonds. The van der Waals surface area contributed by atoms with Gasteiger partial charge in [0.1, 0.15) is 0 Å². The Morgan fingerprint density at radius 3 is 2.29 bits per heavy atom. The summed E-state index contributed by atoms with van der Waals surface area (Å²) in [5.74, 6) is 0.379. The average molecular weight is 383 g/mol. The molecule has 148 valence electrons. The van der Waals surface area contributed by atoms with Crippen LogP contribution in [0.4, 0.5) is 11.6 Å². The van der Waals surface area contributed by atoms with Crippen LogP contribution in [0, 0.1) is 0 Å². The Balaban J connectivity index is 1.85. The van der Waals surface area contributed by atoms with Crippen LogP contribution in [-0.4, -0.2) is 38.0 Å². The number of nitrogens with one attached hydrogen (secondary N) is 1. The van der Waals surface area contributed by atoms with E-state index in [1.807, 2.05) is 12.1 Å². The Bertz CT molecular complexity index is 1130. The van der Waals surface area contributed by atoms with Crippen LogP contribution in [-0.2, 0) is 21.1 Å². The maximum absolute atomic E-state index is 12.4. The van der Waals surface area contributed by atoms with E-state index >= 15 is 0 Å². The topological polar surface area (TPSA) is 89.5 Å². The highest BCUT2D eigenvalue weighted by Gasteiger charge is 2.16. The minimum absolute atomic E-state index is 0.317. The minimum atomic E-state index is -0.418. The largest absolute Gasteiger partial charge is 0.372 e. The second-order valence-electron chi connectivity index (χ2n) is 6.51. The normalized spacial score (nSPS) is 11.5. The quantitative estimate of drug-likeness (QED) is 0.511. The van der Waals surface area contributed by atoms with Crippen molar-refractivity contribution in [2.75, 3.05) is 23.4 Å². The van der Waals surface area contributed by atoms with Crippen molar-refractivity contribution in [2.45, 2.75) is 13.8 Å². The molecule has 0 aliphatic rings. The van der Waals surface area contributed by atoms with Crippen molar-refractivity contribution in [1.29, 1.82) is 0 Å². The summed E-state index contributed by atoms with van der Waals surface area (Å²) in [7, 11) is 4.74. The molecule has 0 saturated heterocycles. The highest BCUT2D eigenvalue weighted by atomic mass is 16.2. The van der Waals surface area contributed by atoms with Crippen molar-refractivity contribution in [3.63, 3.8) is 0 Å². The van der Waals surface area contributed by atoms with Gasteiger partial charge in [-0.25, -0.2) is 10.2 Å². The molecule has 0 aliphatic heterocycles. The molecule has 3 aromatic rings. The first-order valence-corrected chi connectivity index (χ1v) is 9.15. The number of nitrogens with zero attached hydrogens (tertiary/aromatic N) is 6. The van der Waals surface area contributed by atoms with E-state index in [0.29, 0.717) is 17.1 Å². The van der Waals surface area contributed by atoms with Crippen molar-refractivity contribution in [1.82, 2.24) is 18.7 Å². The molecule has 2 heterocycles. The number of benzene rings is 1. The smallest absolute Gasteiger partial charge is 0.332 e. The van der Waals surface area contributed by atoms with Gasteiger partial charge in [0.2, 0.25) is 5.95 Å². The fourth-order valence-electron chi connectivity index (χ4n) is 3.14. The van der Waals surface area contributed by atoms with Gasteiger partial charge < -0.3 is 9.47 Å². The van der Waals surface area contributed by atoms with Gasteiger partial charge in [-0.1, -0.05) is 12.1 Å². The van der Waals surface area contributed by atoms with Crippen molar-refractivity contribution in [2.24, 2.45) is 26.2 Å². The summed E-state index contributed by atoms with van der Waals surface area (Å²) < 4.78 is 4.00. The van der Waals surface area contributed by atoms with Crippen molar-refractivity contribution < 1.29 is 0 Å². The second kappa shape index (κ2) is 7.71. The molecule has 3 rings (SSSR count). The predicted octanol–water partition coefficient (Wildman–Crippen LogP) is 1.26. The third kappa shape index (κ3) is 3.30. The molecule has 1 aromatic carbocycles. The molecular formula is C19H25N7O2.